The summed E-state index contributed by atoms with van der Waals surface area (Å²) < 4.78 is 7.12. The molecule has 0 fully saturated rings. The number of hydrogen-bond donors (Lipinski definition) is 0. The van der Waals surface area contributed by atoms with E-state index in [4.69, 9.17) is 9.40 Å². The molecule has 2 aromatic carbocycles. The smallest absolute Gasteiger partial charge is 0.263 e. The molecular weight excluding hydrogens is 478 g/mol. The number of anilines is 1. The maximum Gasteiger partial charge on any atom is 0.263 e. The molecule has 0 unspecified atom stereocenters. The molecule has 0 saturated carbocycles. The van der Waals surface area contributed by atoms with E-state index >= 15 is 0 Å². The van der Waals surface area contributed by atoms with Crippen molar-refractivity contribution in [1.29, 1.82) is 0 Å². The van der Waals surface area contributed by atoms with Crippen LogP contribution in [0.4, 0.5) is 5.69 Å². The van der Waals surface area contributed by atoms with E-state index in [0.29, 0.717) is 27.7 Å². The van der Waals surface area contributed by atoms with Crippen LogP contribution in [0.2, 0.25) is 0 Å². The molecule has 5 aromatic rings. The number of hydrogen-bond acceptors (Lipinski definition) is 6. The first-order valence-electron chi connectivity index (χ1n) is 11.3. The number of para-hydroxylation sites is 1. The Bertz CT molecular complexity index is 1570. The van der Waals surface area contributed by atoms with Crippen LogP contribution in [0.25, 0.3) is 20.7 Å². The Balaban J connectivity index is 1.35. The van der Waals surface area contributed by atoms with Gasteiger partial charge in [0.2, 0.25) is 5.91 Å². The molecular formula is C27H21N3O3S2. The third-order valence-electron chi connectivity index (χ3n) is 6.08. The molecule has 174 valence electrons. The number of nitrogens with zero attached hydrogens (tertiary/aromatic N) is 3. The summed E-state index contributed by atoms with van der Waals surface area (Å²) in [5.74, 6) is 0.866. The predicted molar refractivity (Wildman–Crippen MR) is 140 cm³/mol. The van der Waals surface area contributed by atoms with Crippen molar-refractivity contribution >= 4 is 44.9 Å². The number of thioether (sulfide) groups is 1. The average Bonchev–Trinajstić information content (AvgIpc) is 3.65. The minimum atomic E-state index is -0.133. The Hall–Kier alpha value is -3.62. The molecule has 1 aliphatic heterocycles. The Kier molecular flexibility index (Phi) is 5.75. The van der Waals surface area contributed by atoms with Crippen molar-refractivity contribution in [2.75, 3.05) is 17.2 Å². The second-order valence-corrected chi connectivity index (χ2v) is 10.2. The number of fused-ring (bicyclic) bond motifs is 2. The van der Waals surface area contributed by atoms with Gasteiger partial charge in [0.15, 0.2) is 5.16 Å². The Morgan fingerprint density at radius 3 is 2.71 bits per heavy atom. The second-order valence-electron chi connectivity index (χ2n) is 8.27. The van der Waals surface area contributed by atoms with E-state index in [0.717, 1.165) is 22.5 Å². The fourth-order valence-electron chi connectivity index (χ4n) is 4.35. The van der Waals surface area contributed by atoms with Crippen LogP contribution in [-0.2, 0) is 17.8 Å². The van der Waals surface area contributed by atoms with E-state index in [1.54, 1.807) is 16.9 Å². The predicted octanol–water partition coefficient (Wildman–Crippen LogP) is 5.45. The molecule has 3 aromatic heterocycles. The third kappa shape index (κ3) is 4.19. The molecule has 8 heteroatoms. The molecule has 4 heterocycles. The van der Waals surface area contributed by atoms with Crippen molar-refractivity contribution in [2.24, 2.45) is 0 Å². The Labute approximate surface area is 209 Å². The zero-order chi connectivity index (χ0) is 23.8. The number of carbonyl (C=O) groups excluding carboxylic acids is 1. The summed E-state index contributed by atoms with van der Waals surface area (Å²) in [5.41, 5.74) is 3.07. The first-order chi connectivity index (χ1) is 17.2. The van der Waals surface area contributed by atoms with Crippen LogP contribution in [0.5, 0.6) is 0 Å². The van der Waals surface area contributed by atoms with Gasteiger partial charge in [-0.2, -0.15) is 0 Å². The summed E-state index contributed by atoms with van der Waals surface area (Å²) in [5, 5.41) is 1.09. The monoisotopic (exact) mass is 499 g/mol. The highest BCUT2D eigenvalue weighted by molar-refractivity contribution is 7.99. The molecule has 0 N–H and O–H groups in total. The molecule has 0 spiro atoms. The summed E-state index contributed by atoms with van der Waals surface area (Å²) in [7, 11) is 0. The van der Waals surface area contributed by atoms with Gasteiger partial charge in [-0.05, 0) is 41.8 Å². The van der Waals surface area contributed by atoms with E-state index in [1.165, 1.54) is 28.7 Å². The first kappa shape index (κ1) is 21.9. The number of aromatic nitrogens is 2. The lowest BCUT2D eigenvalue weighted by molar-refractivity contribution is -0.116. The molecule has 35 heavy (non-hydrogen) atoms. The van der Waals surface area contributed by atoms with Gasteiger partial charge in [0, 0.05) is 17.1 Å². The number of rotatable bonds is 6. The summed E-state index contributed by atoms with van der Waals surface area (Å²) in [6.07, 6.45) is 2.45. The van der Waals surface area contributed by atoms with Gasteiger partial charge in [-0.15, -0.1) is 11.3 Å². The van der Waals surface area contributed by atoms with Crippen LogP contribution in [0.15, 0.2) is 93.4 Å². The van der Waals surface area contributed by atoms with Crippen molar-refractivity contribution in [3.05, 3.63) is 101 Å². The van der Waals surface area contributed by atoms with Gasteiger partial charge in [0.25, 0.3) is 5.56 Å². The summed E-state index contributed by atoms with van der Waals surface area (Å²) >= 11 is 2.79. The summed E-state index contributed by atoms with van der Waals surface area (Å²) in [4.78, 5) is 35.0. The SMILES string of the molecule is O=C(CSc1nc2sc(-c3ccccc3)cc2c(=O)n1Cc1ccco1)N1CCc2ccccc21. The fourth-order valence-corrected chi connectivity index (χ4v) is 6.30. The lowest BCUT2D eigenvalue weighted by Crippen LogP contribution is -2.31. The lowest BCUT2D eigenvalue weighted by Gasteiger charge is -2.17. The number of furan rings is 1. The molecule has 0 aliphatic carbocycles. The molecule has 0 radical (unpaired) electrons. The Morgan fingerprint density at radius 2 is 1.89 bits per heavy atom. The van der Waals surface area contributed by atoms with Gasteiger partial charge in [0.1, 0.15) is 10.6 Å². The highest BCUT2D eigenvalue weighted by Gasteiger charge is 2.25. The van der Waals surface area contributed by atoms with Gasteiger partial charge in [-0.3, -0.25) is 14.2 Å². The van der Waals surface area contributed by atoms with Gasteiger partial charge in [-0.1, -0.05) is 60.3 Å². The molecule has 1 amide bonds. The molecule has 0 atom stereocenters. The van der Waals surface area contributed by atoms with Gasteiger partial charge in [-0.25, -0.2) is 4.98 Å². The fraction of sp³-hybridized carbons (Fsp3) is 0.148. The highest BCUT2D eigenvalue weighted by atomic mass is 32.2. The topological polar surface area (TPSA) is 68.3 Å². The summed E-state index contributed by atoms with van der Waals surface area (Å²) in [6.45, 7) is 0.935. The van der Waals surface area contributed by atoms with Crippen LogP contribution in [0.1, 0.15) is 11.3 Å². The zero-order valence-corrected chi connectivity index (χ0v) is 20.3. The van der Waals surface area contributed by atoms with E-state index < -0.39 is 0 Å². The van der Waals surface area contributed by atoms with Crippen LogP contribution < -0.4 is 10.5 Å². The standard InChI is InChI=1S/C27H21N3O3S2/c31-24(29-13-12-18-7-4-5-11-22(18)29)17-34-27-28-25-21(15-23(35-25)19-8-2-1-3-9-19)26(32)30(27)16-20-10-6-14-33-20/h1-11,14-15H,12-13,16-17H2. The van der Waals surface area contributed by atoms with Crippen LogP contribution in [-0.4, -0.2) is 27.8 Å². The van der Waals surface area contributed by atoms with E-state index in [-0.39, 0.29) is 23.8 Å². The van der Waals surface area contributed by atoms with Gasteiger partial charge in [0.05, 0.1) is 23.9 Å². The number of carbonyl (C=O) groups is 1. The quantitative estimate of drug-likeness (QED) is 0.230. The minimum absolute atomic E-state index is 0.00926. The molecule has 0 bridgehead atoms. The zero-order valence-electron chi connectivity index (χ0n) is 18.7. The largest absolute Gasteiger partial charge is 0.467 e. The minimum Gasteiger partial charge on any atom is -0.467 e. The number of benzene rings is 2. The average molecular weight is 500 g/mol. The maximum absolute atomic E-state index is 13.6. The normalized spacial score (nSPS) is 12.9. The molecule has 6 nitrogen and oxygen atoms in total. The van der Waals surface area contributed by atoms with Crippen molar-refractivity contribution in [2.45, 2.75) is 18.1 Å². The lowest BCUT2D eigenvalue weighted by atomic mass is 10.2. The van der Waals surface area contributed by atoms with Crippen LogP contribution in [0.3, 0.4) is 0 Å². The van der Waals surface area contributed by atoms with Crippen molar-refractivity contribution in [1.82, 2.24) is 9.55 Å². The molecule has 0 saturated heterocycles. The highest BCUT2D eigenvalue weighted by Crippen LogP contribution is 2.33. The second kappa shape index (κ2) is 9.20. The maximum atomic E-state index is 13.6. The van der Waals surface area contributed by atoms with Crippen LogP contribution >= 0.6 is 23.1 Å². The number of amides is 1. The van der Waals surface area contributed by atoms with Gasteiger partial charge < -0.3 is 9.32 Å². The first-order valence-corrected chi connectivity index (χ1v) is 13.1. The van der Waals surface area contributed by atoms with Crippen molar-refractivity contribution in [3.63, 3.8) is 0 Å². The third-order valence-corrected chi connectivity index (χ3v) is 8.12. The number of thiophene rings is 1. The molecule has 6 rings (SSSR count). The molecule has 1 aliphatic rings. The van der Waals surface area contributed by atoms with E-state index in [2.05, 4.69) is 6.07 Å². The van der Waals surface area contributed by atoms with Crippen LogP contribution in [0, 0.1) is 0 Å². The van der Waals surface area contributed by atoms with E-state index in [9.17, 15) is 9.59 Å². The Morgan fingerprint density at radius 1 is 1.06 bits per heavy atom. The summed E-state index contributed by atoms with van der Waals surface area (Å²) in [6, 6.07) is 23.5. The van der Waals surface area contributed by atoms with Crippen molar-refractivity contribution in [3.8, 4) is 10.4 Å². The van der Waals surface area contributed by atoms with Crippen molar-refractivity contribution < 1.29 is 9.21 Å². The van der Waals surface area contributed by atoms with E-state index in [1.807, 2.05) is 65.6 Å². The van der Waals surface area contributed by atoms with Gasteiger partial charge >= 0.3 is 0 Å².